The summed E-state index contributed by atoms with van der Waals surface area (Å²) in [5, 5.41) is 15.0. The van der Waals surface area contributed by atoms with Crippen LogP contribution in [0, 0.1) is 10.1 Å². The highest BCUT2D eigenvalue weighted by atomic mass is 32.1. The lowest BCUT2D eigenvalue weighted by molar-refractivity contribution is -0.384. The summed E-state index contributed by atoms with van der Waals surface area (Å²) in [6.07, 6.45) is 1.67. The van der Waals surface area contributed by atoms with E-state index >= 15 is 0 Å². The number of benzene rings is 1. The van der Waals surface area contributed by atoms with Gasteiger partial charge in [-0.3, -0.25) is 19.9 Å². The molecular formula is C22H20N4O5S. The Kier molecular flexibility index (Phi) is 6.13. The summed E-state index contributed by atoms with van der Waals surface area (Å²) < 4.78 is 11.2. The molecule has 32 heavy (non-hydrogen) atoms. The van der Waals surface area contributed by atoms with Gasteiger partial charge in [-0.05, 0) is 49.5 Å². The van der Waals surface area contributed by atoms with Crippen LogP contribution in [-0.2, 0) is 9.53 Å². The zero-order chi connectivity index (χ0) is 22.7. The molecular weight excluding hydrogens is 432 g/mol. The number of nitrogens with zero attached hydrogens (tertiary/aromatic N) is 3. The Labute approximate surface area is 189 Å². The van der Waals surface area contributed by atoms with E-state index in [9.17, 15) is 14.9 Å². The van der Waals surface area contributed by atoms with Gasteiger partial charge in [0.25, 0.3) is 5.69 Å². The van der Waals surface area contributed by atoms with Crippen LogP contribution in [0.15, 0.2) is 65.2 Å². The van der Waals surface area contributed by atoms with Gasteiger partial charge in [-0.2, -0.15) is 0 Å². The predicted molar refractivity (Wildman–Crippen MR) is 120 cm³/mol. The van der Waals surface area contributed by atoms with Crippen LogP contribution in [0.4, 0.5) is 5.69 Å². The van der Waals surface area contributed by atoms with Crippen molar-refractivity contribution in [3.8, 4) is 11.3 Å². The average molecular weight is 452 g/mol. The number of ether oxygens (including phenoxy) is 1. The first-order valence-electron chi connectivity index (χ1n) is 9.96. The fourth-order valence-electron chi connectivity index (χ4n) is 3.73. The number of carbonyl (C=O) groups excluding carboxylic acids is 1. The van der Waals surface area contributed by atoms with Crippen LogP contribution in [0.1, 0.15) is 30.5 Å². The van der Waals surface area contributed by atoms with Crippen LogP contribution in [0.25, 0.3) is 11.3 Å². The number of thiocarbonyl (C=S) groups is 1. The van der Waals surface area contributed by atoms with Crippen molar-refractivity contribution in [2.45, 2.75) is 19.0 Å². The van der Waals surface area contributed by atoms with E-state index in [1.807, 2.05) is 18.2 Å². The molecule has 2 atom stereocenters. The molecule has 1 saturated heterocycles. The van der Waals surface area contributed by atoms with Gasteiger partial charge in [0.1, 0.15) is 24.1 Å². The summed E-state index contributed by atoms with van der Waals surface area (Å²) >= 11 is 5.50. The smallest absolute Gasteiger partial charge is 0.325 e. The van der Waals surface area contributed by atoms with Crippen molar-refractivity contribution < 1.29 is 18.9 Å². The van der Waals surface area contributed by atoms with Crippen LogP contribution >= 0.6 is 12.2 Å². The zero-order valence-corrected chi connectivity index (χ0v) is 18.0. The Balaban J connectivity index is 1.74. The number of hydrogen-bond donors (Lipinski definition) is 1. The highest BCUT2D eigenvalue weighted by Crippen LogP contribution is 2.41. The summed E-state index contributed by atoms with van der Waals surface area (Å²) in [5.41, 5.74) is 1.02. The molecule has 0 amide bonds. The van der Waals surface area contributed by atoms with Crippen molar-refractivity contribution in [2.24, 2.45) is 0 Å². The molecule has 9 nitrogen and oxygen atoms in total. The van der Waals surface area contributed by atoms with Crippen molar-refractivity contribution in [3.05, 3.63) is 82.4 Å². The summed E-state index contributed by atoms with van der Waals surface area (Å²) in [4.78, 5) is 29.3. The molecule has 164 valence electrons. The number of furan rings is 1. The number of pyridine rings is 1. The lowest BCUT2D eigenvalue weighted by atomic mass is 10.0. The molecule has 0 unspecified atom stereocenters. The first-order valence-corrected chi connectivity index (χ1v) is 10.4. The van der Waals surface area contributed by atoms with Crippen LogP contribution in [-0.4, -0.2) is 39.0 Å². The van der Waals surface area contributed by atoms with Crippen LogP contribution < -0.4 is 5.32 Å². The first-order chi connectivity index (χ1) is 15.5. The SMILES string of the molecule is CCOC(=O)CN1C(=S)N[C@H](c2ccccn2)[C@@H]1c1ccc(-c2ccccc2[N+](=O)[O-])o1. The Hall–Kier alpha value is -3.79. The number of hydrogen-bond acceptors (Lipinski definition) is 7. The molecule has 0 radical (unpaired) electrons. The van der Waals surface area contributed by atoms with E-state index in [-0.39, 0.29) is 24.9 Å². The highest BCUT2D eigenvalue weighted by Gasteiger charge is 2.42. The summed E-state index contributed by atoms with van der Waals surface area (Å²) in [7, 11) is 0. The predicted octanol–water partition coefficient (Wildman–Crippen LogP) is 3.79. The van der Waals surface area contributed by atoms with E-state index in [2.05, 4.69) is 10.3 Å². The monoisotopic (exact) mass is 452 g/mol. The van der Waals surface area contributed by atoms with E-state index in [1.165, 1.54) is 6.07 Å². The Morgan fingerprint density at radius 1 is 1.25 bits per heavy atom. The molecule has 1 aliphatic heterocycles. The van der Waals surface area contributed by atoms with Crippen molar-refractivity contribution in [3.63, 3.8) is 0 Å². The van der Waals surface area contributed by atoms with Crippen molar-refractivity contribution >= 4 is 29.0 Å². The van der Waals surface area contributed by atoms with E-state index in [1.54, 1.807) is 48.4 Å². The fraction of sp³-hybridized carbons (Fsp3) is 0.227. The molecule has 2 aromatic heterocycles. The number of nitro groups is 1. The summed E-state index contributed by atoms with van der Waals surface area (Å²) in [5.74, 6) is 0.417. The lowest BCUT2D eigenvalue weighted by Crippen LogP contribution is -2.35. The lowest BCUT2D eigenvalue weighted by Gasteiger charge is -2.25. The van der Waals surface area contributed by atoms with Gasteiger partial charge in [-0.1, -0.05) is 18.2 Å². The van der Waals surface area contributed by atoms with Crippen molar-refractivity contribution in [2.75, 3.05) is 13.2 Å². The van der Waals surface area contributed by atoms with Gasteiger partial charge in [0.05, 0.1) is 28.8 Å². The maximum Gasteiger partial charge on any atom is 0.325 e. The standard InChI is InChI=1S/C22H20N4O5S/c1-2-30-19(27)13-25-21(20(24-22(25)32)15-8-5-6-12-23-15)18-11-10-17(31-18)14-7-3-4-9-16(14)26(28)29/h3-12,20-21H,2,13H2,1H3,(H,24,32)/t20-,21+/m1/s1. The van der Waals surface area contributed by atoms with Crippen molar-refractivity contribution in [1.82, 2.24) is 15.2 Å². The van der Waals surface area contributed by atoms with Gasteiger partial charge in [0.15, 0.2) is 5.11 Å². The van der Waals surface area contributed by atoms with Gasteiger partial charge < -0.3 is 19.4 Å². The fourth-order valence-corrected chi connectivity index (χ4v) is 4.03. The molecule has 1 aliphatic rings. The van der Waals surface area contributed by atoms with Gasteiger partial charge in [0.2, 0.25) is 0 Å². The number of esters is 1. The summed E-state index contributed by atoms with van der Waals surface area (Å²) in [6, 6.07) is 14.4. The zero-order valence-electron chi connectivity index (χ0n) is 17.1. The van der Waals surface area contributed by atoms with Gasteiger partial charge in [0, 0.05) is 12.3 Å². The van der Waals surface area contributed by atoms with Crippen LogP contribution in [0.2, 0.25) is 0 Å². The third-order valence-corrected chi connectivity index (χ3v) is 5.44. The maximum absolute atomic E-state index is 12.2. The molecule has 4 rings (SSSR count). The molecule has 0 saturated carbocycles. The topological polar surface area (TPSA) is 111 Å². The third kappa shape index (κ3) is 4.17. The maximum atomic E-state index is 12.2. The average Bonchev–Trinajstić information content (AvgIpc) is 3.39. The molecule has 0 bridgehead atoms. The Bertz CT molecular complexity index is 1150. The molecule has 1 N–H and O–H groups in total. The van der Waals surface area contributed by atoms with Gasteiger partial charge in [-0.15, -0.1) is 0 Å². The highest BCUT2D eigenvalue weighted by molar-refractivity contribution is 7.80. The van der Waals surface area contributed by atoms with Crippen LogP contribution in [0.3, 0.4) is 0 Å². The van der Waals surface area contributed by atoms with E-state index in [0.29, 0.717) is 22.2 Å². The molecule has 0 spiro atoms. The molecule has 1 aromatic carbocycles. The molecule has 0 aliphatic carbocycles. The van der Waals surface area contributed by atoms with E-state index in [4.69, 9.17) is 21.4 Å². The first kappa shape index (κ1) is 21.4. The van der Waals surface area contributed by atoms with Gasteiger partial charge >= 0.3 is 5.97 Å². The van der Waals surface area contributed by atoms with E-state index < -0.39 is 16.9 Å². The van der Waals surface area contributed by atoms with Crippen molar-refractivity contribution in [1.29, 1.82) is 0 Å². The third-order valence-electron chi connectivity index (χ3n) is 5.09. The number of para-hydroxylation sites is 1. The number of aromatic nitrogens is 1. The molecule has 1 fully saturated rings. The second-order valence-corrected chi connectivity index (χ2v) is 7.42. The number of nitro benzene ring substituents is 1. The normalized spacial score (nSPS) is 17.8. The number of nitrogens with one attached hydrogen (secondary N) is 1. The largest absolute Gasteiger partial charge is 0.465 e. The van der Waals surface area contributed by atoms with E-state index in [0.717, 1.165) is 5.69 Å². The second kappa shape index (κ2) is 9.15. The number of rotatable bonds is 7. The van der Waals surface area contributed by atoms with Gasteiger partial charge in [-0.25, -0.2) is 0 Å². The summed E-state index contributed by atoms with van der Waals surface area (Å²) in [6.45, 7) is 1.91. The minimum Gasteiger partial charge on any atom is -0.465 e. The molecule has 3 aromatic rings. The second-order valence-electron chi connectivity index (χ2n) is 7.04. The Morgan fingerprint density at radius 3 is 2.75 bits per heavy atom. The van der Waals surface area contributed by atoms with Crippen LogP contribution in [0.5, 0.6) is 0 Å². The molecule has 10 heteroatoms. The Morgan fingerprint density at radius 2 is 2.03 bits per heavy atom. The minimum absolute atomic E-state index is 0.0573. The quantitative estimate of drug-likeness (QED) is 0.248. The number of carbonyl (C=O) groups is 1. The minimum atomic E-state index is -0.502. The molecule has 3 heterocycles.